The summed E-state index contributed by atoms with van der Waals surface area (Å²) in [7, 11) is 0. The van der Waals surface area contributed by atoms with Gasteiger partial charge in [-0.1, -0.05) is 30.3 Å². The lowest BCUT2D eigenvalue weighted by Crippen LogP contribution is -2.58. The summed E-state index contributed by atoms with van der Waals surface area (Å²) in [6.07, 6.45) is 0.897. The van der Waals surface area contributed by atoms with Crippen molar-refractivity contribution in [2.75, 3.05) is 13.1 Å². The Labute approximate surface area is 119 Å². The van der Waals surface area contributed by atoms with Gasteiger partial charge in [-0.05, 0) is 54.7 Å². The normalized spacial score (nSPS) is 16.8. The fourth-order valence-electron chi connectivity index (χ4n) is 3.20. The number of hydrogen-bond donors (Lipinski definition) is 1. The van der Waals surface area contributed by atoms with E-state index in [4.69, 9.17) is 0 Å². The van der Waals surface area contributed by atoms with Crippen molar-refractivity contribution in [2.24, 2.45) is 0 Å². The average molecular weight is 269 g/mol. The monoisotopic (exact) mass is 269 g/mol. The molecule has 3 rings (SSSR count). The van der Waals surface area contributed by atoms with Gasteiger partial charge in [-0.3, -0.25) is 0 Å². The smallest absolute Gasteiger partial charge is 0.123 e. The van der Waals surface area contributed by atoms with E-state index in [-0.39, 0.29) is 11.2 Å². The Bertz CT molecular complexity index is 629. The van der Waals surface area contributed by atoms with Gasteiger partial charge in [0, 0.05) is 18.5 Å². The molecule has 0 spiro atoms. The highest BCUT2D eigenvalue weighted by Gasteiger charge is 2.39. The first kappa shape index (κ1) is 13.3. The predicted octanol–water partition coefficient (Wildman–Crippen LogP) is 3.53. The van der Waals surface area contributed by atoms with Crippen LogP contribution in [0.4, 0.5) is 4.39 Å². The molecule has 0 aromatic heterocycles. The maximum atomic E-state index is 13.5. The summed E-state index contributed by atoms with van der Waals surface area (Å²) >= 11 is 0. The molecule has 2 aromatic carbocycles. The van der Waals surface area contributed by atoms with Gasteiger partial charge in [0.05, 0.1) is 0 Å². The van der Waals surface area contributed by atoms with Crippen LogP contribution in [-0.2, 0) is 11.8 Å². The summed E-state index contributed by atoms with van der Waals surface area (Å²) in [6, 6.07) is 13.7. The highest BCUT2D eigenvalue weighted by atomic mass is 19.1. The molecular formula is C18H20FN. The predicted molar refractivity (Wildman–Crippen MR) is 80.6 cm³/mol. The van der Waals surface area contributed by atoms with Crippen molar-refractivity contribution >= 4 is 0 Å². The minimum atomic E-state index is -0.141. The molecule has 1 nitrogen and oxygen atoms in total. The van der Waals surface area contributed by atoms with E-state index in [0.717, 1.165) is 25.1 Å². The van der Waals surface area contributed by atoms with Crippen LogP contribution in [0.3, 0.4) is 0 Å². The van der Waals surface area contributed by atoms with E-state index in [0.29, 0.717) is 0 Å². The second-order valence-corrected chi connectivity index (χ2v) is 5.95. The standard InChI is InChI=1S/C18H20FN/c1-13-7-8-16(19)9-15(13)10-18(11-20-12-18)17-6-4-3-5-14(17)2/h3-9,20H,10-12H2,1-2H3. The molecule has 0 aliphatic carbocycles. The molecule has 104 valence electrons. The second kappa shape index (κ2) is 5.02. The van der Waals surface area contributed by atoms with E-state index in [1.54, 1.807) is 6.07 Å². The molecule has 2 aromatic rings. The Balaban J connectivity index is 1.98. The number of nitrogens with one attached hydrogen (secondary N) is 1. The van der Waals surface area contributed by atoms with Crippen LogP contribution in [0.15, 0.2) is 42.5 Å². The average Bonchev–Trinajstić information content (AvgIpc) is 2.39. The number of hydrogen-bond acceptors (Lipinski definition) is 1. The van der Waals surface area contributed by atoms with Crippen LogP contribution in [0, 0.1) is 19.7 Å². The first-order valence-electron chi connectivity index (χ1n) is 7.13. The zero-order valence-corrected chi connectivity index (χ0v) is 12.0. The lowest BCUT2D eigenvalue weighted by molar-refractivity contribution is 0.273. The Kier molecular flexibility index (Phi) is 3.35. The van der Waals surface area contributed by atoms with Crippen molar-refractivity contribution in [1.82, 2.24) is 5.32 Å². The molecule has 0 unspecified atom stereocenters. The van der Waals surface area contributed by atoms with E-state index in [2.05, 4.69) is 43.4 Å². The van der Waals surface area contributed by atoms with Crippen molar-refractivity contribution < 1.29 is 4.39 Å². The maximum Gasteiger partial charge on any atom is 0.123 e. The third-order valence-electron chi connectivity index (χ3n) is 4.48. The SMILES string of the molecule is Cc1ccc(F)cc1CC1(c2ccccc2C)CNC1. The molecule has 0 saturated carbocycles. The fourth-order valence-corrected chi connectivity index (χ4v) is 3.20. The van der Waals surface area contributed by atoms with Crippen molar-refractivity contribution in [3.8, 4) is 0 Å². The lowest BCUT2D eigenvalue weighted by Gasteiger charge is -2.44. The molecule has 1 saturated heterocycles. The van der Waals surface area contributed by atoms with Gasteiger partial charge in [0.2, 0.25) is 0 Å². The van der Waals surface area contributed by atoms with Gasteiger partial charge < -0.3 is 5.32 Å². The molecule has 1 N–H and O–H groups in total. The van der Waals surface area contributed by atoms with E-state index in [9.17, 15) is 4.39 Å². The first-order valence-corrected chi connectivity index (χ1v) is 7.13. The van der Waals surface area contributed by atoms with Crippen LogP contribution in [0.5, 0.6) is 0 Å². The zero-order valence-electron chi connectivity index (χ0n) is 12.0. The van der Waals surface area contributed by atoms with Crippen LogP contribution < -0.4 is 5.32 Å². The van der Waals surface area contributed by atoms with Gasteiger partial charge in [-0.2, -0.15) is 0 Å². The van der Waals surface area contributed by atoms with E-state index in [1.807, 2.05) is 6.07 Å². The third-order valence-corrected chi connectivity index (χ3v) is 4.48. The Morgan fingerprint density at radius 1 is 1.05 bits per heavy atom. The lowest BCUT2D eigenvalue weighted by atomic mass is 9.69. The van der Waals surface area contributed by atoms with Crippen LogP contribution >= 0.6 is 0 Å². The molecular weight excluding hydrogens is 249 g/mol. The first-order chi connectivity index (χ1) is 9.61. The number of halogens is 1. The van der Waals surface area contributed by atoms with Gasteiger partial charge in [-0.15, -0.1) is 0 Å². The summed E-state index contributed by atoms with van der Waals surface area (Å²) < 4.78 is 13.5. The summed E-state index contributed by atoms with van der Waals surface area (Å²) in [5, 5.41) is 3.39. The molecule has 2 heteroatoms. The number of aryl methyl sites for hydroxylation is 2. The molecule has 1 heterocycles. The van der Waals surface area contributed by atoms with Crippen LogP contribution in [-0.4, -0.2) is 13.1 Å². The van der Waals surface area contributed by atoms with Gasteiger partial charge in [-0.25, -0.2) is 4.39 Å². The van der Waals surface area contributed by atoms with Crippen LogP contribution in [0.25, 0.3) is 0 Å². The van der Waals surface area contributed by atoms with Crippen molar-refractivity contribution in [3.05, 3.63) is 70.5 Å². The minimum Gasteiger partial charge on any atom is -0.315 e. The molecule has 0 bridgehead atoms. The highest BCUT2D eigenvalue weighted by Crippen LogP contribution is 2.35. The van der Waals surface area contributed by atoms with E-state index in [1.165, 1.54) is 22.8 Å². The van der Waals surface area contributed by atoms with Gasteiger partial charge in [0.25, 0.3) is 0 Å². The molecule has 0 radical (unpaired) electrons. The summed E-state index contributed by atoms with van der Waals surface area (Å²) in [5.74, 6) is -0.141. The zero-order chi connectivity index (χ0) is 14.2. The topological polar surface area (TPSA) is 12.0 Å². The Morgan fingerprint density at radius 3 is 2.45 bits per heavy atom. The van der Waals surface area contributed by atoms with Crippen LogP contribution in [0.1, 0.15) is 22.3 Å². The second-order valence-electron chi connectivity index (χ2n) is 5.95. The third kappa shape index (κ3) is 2.25. The minimum absolute atomic E-state index is 0.115. The molecule has 1 aliphatic rings. The van der Waals surface area contributed by atoms with E-state index >= 15 is 0 Å². The molecule has 1 aliphatic heterocycles. The summed E-state index contributed by atoms with van der Waals surface area (Å²) in [4.78, 5) is 0. The largest absolute Gasteiger partial charge is 0.315 e. The molecule has 1 fully saturated rings. The maximum absolute atomic E-state index is 13.5. The van der Waals surface area contributed by atoms with Crippen molar-refractivity contribution in [3.63, 3.8) is 0 Å². The van der Waals surface area contributed by atoms with Gasteiger partial charge in [0.15, 0.2) is 0 Å². The quantitative estimate of drug-likeness (QED) is 0.899. The van der Waals surface area contributed by atoms with E-state index < -0.39 is 0 Å². The Hall–Kier alpha value is -1.67. The van der Waals surface area contributed by atoms with Gasteiger partial charge in [0.1, 0.15) is 5.82 Å². The van der Waals surface area contributed by atoms with Crippen LogP contribution in [0.2, 0.25) is 0 Å². The fraction of sp³-hybridized carbons (Fsp3) is 0.333. The number of benzene rings is 2. The molecule has 0 atom stereocenters. The Morgan fingerprint density at radius 2 is 1.80 bits per heavy atom. The van der Waals surface area contributed by atoms with Gasteiger partial charge >= 0.3 is 0 Å². The molecule has 0 amide bonds. The summed E-state index contributed by atoms with van der Waals surface area (Å²) in [5.41, 5.74) is 5.12. The highest BCUT2D eigenvalue weighted by molar-refractivity contribution is 5.40. The number of rotatable bonds is 3. The summed E-state index contributed by atoms with van der Waals surface area (Å²) in [6.45, 7) is 6.15. The van der Waals surface area contributed by atoms with Crippen molar-refractivity contribution in [1.29, 1.82) is 0 Å². The van der Waals surface area contributed by atoms with Crippen molar-refractivity contribution in [2.45, 2.75) is 25.7 Å². The molecule has 20 heavy (non-hydrogen) atoms.